The molecule has 0 radical (unpaired) electrons. The second-order valence-corrected chi connectivity index (χ2v) is 15.9. The normalized spacial score (nSPS) is 14.7. The van der Waals surface area contributed by atoms with Crippen molar-refractivity contribution in [1.82, 2.24) is 25.1 Å². The van der Waals surface area contributed by atoms with Gasteiger partial charge in [-0.3, -0.25) is 4.79 Å². The highest BCUT2D eigenvalue weighted by Gasteiger charge is 2.37. The highest BCUT2D eigenvalue weighted by molar-refractivity contribution is 6.74. The molecule has 2 N–H and O–H groups in total. The molecule has 10 heteroatoms. The molecule has 4 rings (SSSR count). The number of aromatic nitrogens is 4. The fourth-order valence-corrected chi connectivity index (χ4v) is 5.13. The number of fused-ring (bicyclic) bond motifs is 1. The first-order valence-electron chi connectivity index (χ1n) is 12.7. The molecule has 0 aliphatic carbocycles. The first kappa shape index (κ1) is 27.0. The lowest BCUT2D eigenvalue weighted by atomic mass is 9.97. The van der Waals surface area contributed by atoms with Gasteiger partial charge in [0, 0.05) is 6.54 Å². The molecule has 1 amide bonds. The second-order valence-electron chi connectivity index (χ2n) is 11.1. The molecular weight excluding hydrogens is 484 g/mol. The van der Waals surface area contributed by atoms with E-state index >= 15 is 0 Å². The molecule has 0 saturated heterocycles. The number of hydrogen-bond donors (Lipinski definition) is 2. The minimum Gasteiger partial charge on any atom is -0.496 e. The Balaban J connectivity index is 1.52. The molecule has 0 bridgehead atoms. The third-order valence-corrected chi connectivity index (χ3v) is 11.9. The van der Waals surface area contributed by atoms with Crippen molar-refractivity contribution in [3.8, 4) is 17.3 Å². The van der Waals surface area contributed by atoms with Crippen molar-refractivity contribution in [2.75, 3.05) is 25.6 Å². The van der Waals surface area contributed by atoms with Gasteiger partial charge < -0.3 is 24.4 Å². The summed E-state index contributed by atoms with van der Waals surface area (Å²) in [6.45, 7) is 15.5. The van der Waals surface area contributed by atoms with Gasteiger partial charge >= 0.3 is 0 Å². The number of nitrogens with one attached hydrogen (secondary N) is 2. The lowest BCUT2D eigenvalue weighted by Gasteiger charge is -2.37. The Morgan fingerprint density at radius 3 is 2.76 bits per heavy atom. The quantitative estimate of drug-likeness (QED) is 0.409. The van der Waals surface area contributed by atoms with Crippen LogP contribution in [0.2, 0.25) is 18.1 Å². The van der Waals surface area contributed by atoms with E-state index in [-0.39, 0.29) is 17.0 Å². The van der Waals surface area contributed by atoms with Gasteiger partial charge in [-0.25, -0.2) is 4.98 Å². The molecule has 1 aromatic carbocycles. The standard InChI is InChI=1S/C27H38N6O3Si/c1-18(16-36-37(6,7)27(2,3)4)33-17-29-32-25(33)22-9-8-10-24(30-22)31-26(34)21-13-20-15-28-12-11-19(20)14-23(21)35-5/h8-10,13-14,17-18,28H,11-12,15-16H2,1-7H3,(H,30,31,34). The summed E-state index contributed by atoms with van der Waals surface area (Å²) >= 11 is 0. The van der Waals surface area contributed by atoms with E-state index in [2.05, 4.69) is 66.6 Å². The van der Waals surface area contributed by atoms with E-state index in [1.165, 1.54) is 5.56 Å². The van der Waals surface area contributed by atoms with Crippen molar-refractivity contribution in [1.29, 1.82) is 0 Å². The number of rotatable bonds is 8. The molecule has 2 aromatic heterocycles. The molecule has 37 heavy (non-hydrogen) atoms. The third-order valence-electron chi connectivity index (χ3n) is 7.41. The SMILES string of the molecule is COc1cc2c(cc1C(=O)Nc1cccc(-c3nncn3C(C)CO[Si](C)(C)C(C)(C)C)n1)CNCC2. The Morgan fingerprint density at radius 1 is 1.24 bits per heavy atom. The van der Waals surface area contributed by atoms with Crippen LogP contribution in [0, 0.1) is 0 Å². The largest absolute Gasteiger partial charge is 0.496 e. The lowest BCUT2D eigenvalue weighted by molar-refractivity contribution is 0.102. The number of methoxy groups -OCH3 is 1. The molecule has 198 valence electrons. The number of nitrogens with zero attached hydrogens (tertiary/aromatic N) is 4. The molecule has 1 unspecified atom stereocenters. The van der Waals surface area contributed by atoms with Crippen LogP contribution in [0.4, 0.5) is 5.82 Å². The maximum absolute atomic E-state index is 13.2. The lowest BCUT2D eigenvalue weighted by Crippen LogP contribution is -2.42. The Labute approximate surface area is 220 Å². The molecule has 1 atom stereocenters. The molecule has 1 aliphatic heterocycles. The van der Waals surface area contributed by atoms with Gasteiger partial charge in [-0.1, -0.05) is 26.8 Å². The van der Waals surface area contributed by atoms with Crippen molar-refractivity contribution < 1.29 is 14.0 Å². The maximum atomic E-state index is 13.2. The predicted octanol–water partition coefficient (Wildman–Crippen LogP) is 4.83. The topological polar surface area (TPSA) is 103 Å². The van der Waals surface area contributed by atoms with E-state index in [4.69, 9.17) is 9.16 Å². The van der Waals surface area contributed by atoms with E-state index in [0.29, 0.717) is 35.3 Å². The van der Waals surface area contributed by atoms with Gasteiger partial charge in [-0.15, -0.1) is 10.2 Å². The number of hydrogen-bond acceptors (Lipinski definition) is 7. The van der Waals surface area contributed by atoms with E-state index < -0.39 is 8.32 Å². The Hall–Kier alpha value is -3.08. The van der Waals surface area contributed by atoms with Gasteiger partial charge in [-0.05, 0) is 73.4 Å². The summed E-state index contributed by atoms with van der Waals surface area (Å²) in [5, 5.41) is 14.9. The fourth-order valence-electron chi connectivity index (χ4n) is 4.04. The van der Waals surface area contributed by atoms with Crippen LogP contribution in [0.5, 0.6) is 5.75 Å². The number of pyridine rings is 1. The van der Waals surface area contributed by atoms with Gasteiger partial charge in [0.1, 0.15) is 23.6 Å². The summed E-state index contributed by atoms with van der Waals surface area (Å²) < 4.78 is 13.9. The van der Waals surface area contributed by atoms with Crippen molar-refractivity contribution in [2.45, 2.75) is 64.8 Å². The smallest absolute Gasteiger partial charge is 0.260 e. The number of carbonyl (C=O) groups excluding carboxylic acids is 1. The predicted molar refractivity (Wildman–Crippen MR) is 147 cm³/mol. The van der Waals surface area contributed by atoms with Crippen molar-refractivity contribution >= 4 is 20.0 Å². The highest BCUT2D eigenvalue weighted by Crippen LogP contribution is 2.37. The summed E-state index contributed by atoms with van der Waals surface area (Å²) in [4.78, 5) is 17.9. The monoisotopic (exact) mass is 522 g/mol. The Bertz CT molecular complexity index is 1270. The van der Waals surface area contributed by atoms with Crippen molar-refractivity contribution in [2.24, 2.45) is 0 Å². The number of anilines is 1. The Morgan fingerprint density at radius 2 is 2.03 bits per heavy atom. The zero-order chi connectivity index (χ0) is 26.8. The molecular formula is C27H38N6O3Si. The second kappa shape index (κ2) is 10.7. The van der Waals surface area contributed by atoms with Crippen LogP contribution < -0.4 is 15.4 Å². The summed E-state index contributed by atoms with van der Waals surface area (Å²) in [5.41, 5.74) is 3.42. The maximum Gasteiger partial charge on any atom is 0.260 e. The first-order chi connectivity index (χ1) is 17.5. The molecule has 3 heterocycles. The fraction of sp³-hybridized carbons (Fsp3) is 0.481. The molecule has 1 aliphatic rings. The van der Waals surface area contributed by atoms with Gasteiger partial charge in [0.15, 0.2) is 14.1 Å². The molecule has 3 aromatic rings. The van der Waals surface area contributed by atoms with Crippen molar-refractivity contribution in [3.63, 3.8) is 0 Å². The van der Waals surface area contributed by atoms with E-state index in [1.807, 2.05) is 28.8 Å². The average Bonchev–Trinajstić information content (AvgIpc) is 3.36. The zero-order valence-corrected chi connectivity index (χ0v) is 23.9. The number of amides is 1. The van der Waals surface area contributed by atoms with Gasteiger partial charge in [0.05, 0.1) is 25.3 Å². The van der Waals surface area contributed by atoms with Crippen LogP contribution in [0.1, 0.15) is 55.2 Å². The van der Waals surface area contributed by atoms with Crippen LogP contribution in [0.25, 0.3) is 11.5 Å². The molecule has 9 nitrogen and oxygen atoms in total. The van der Waals surface area contributed by atoms with E-state index in [1.54, 1.807) is 19.5 Å². The Kier molecular flexibility index (Phi) is 7.82. The van der Waals surface area contributed by atoms with E-state index in [9.17, 15) is 4.79 Å². The van der Waals surface area contributed by atoms with Crippen LogP contribution >= 0.6 is 0 Å². The van der Waals surface area contributed by atoms with Gasteiger partial charge in [-0.2, -0.15) is 0 Å². The van der Waals surface area contributed by atoms with Gasteiger partial charge in [0.25, 0.3) is 5.91 Å². The van der Waals surface area contributed by atoms with Crippen molar-refractivity contribution in [3.05, 3.63) is 53.3 Å². The van der Waals surface area contributed by atoms with Gasteiger partial charge in [0.2, 0.25) is 0 Å². The first-order valence-corrected chi connectivity index (χ1v) is 15.6. The summed E-state index contributed by atoms with van der Waals surface area (Å²) in [6, 6.07) is 9.36. The number of carbonyl (C=O) groups is 1. The minimum atomic E-state index is -1.89. The summed E-state index contributed by atoms with van der Waals surface area (Å²) in [7, 11) is -0.301. The van der Waals surface area contributed by atoms with Crippen LogP contribution in [0.3, 0.4) is 0 Å². The summed E-state index contributed by atoms with van der Waals surface area (Å²) in [5.74, 6) is 1.34. The van der Waals surface area contributed by atoms with Crippen LogP contribution in [-0.4, -0.2) is 54.2 Å². The zero-order valence-electron chi connectivity index (χ0n) is 22.9. The summed E-state index contributed by atoms with van der Waals surface area (Å²) in [6.07, 6.45) is 2.62. The molecule has 0 fully saturated rings. The number of ether oxygens (including phenoxy) is 1. The van der Waals surface area contributed by atoms with E-state index in [0.717, 1.165) is 25.1 Å². The highest BCUT2D eigenvalue weighted by atomic mass is 28.4. The molecule has 0 saturated carbocycles. The van der Waals surface area contributed by atoms with Crippen LogP contribution in [-0.2, 0) is 17.4 Å². The number of benzene rings is 1. The minimum absolute atomic E-state index is 0.0209. The third kappa shape index (κ3) is 5.92. The molecule has 0 spiro atoms. The average molecular weight is 523 g/mol. The van der Waals surface area contributed by atoms with Crippen LogP contribution in [0.15, 0.2) is 36.7 Å².